The molecule has 0 spiro atoms. The zero-order valence-corrected chi connectivity index (χ0v) is 9.44. The summed E-state index contributed by atoms with van der Waals surface area (Å²) in [5, 5.41) is 3.41. The highest BCUT2D eigenvalue weighted by Gasteiger charge is 2.17. The van der Waals surface area contributed by atoms with Crippen LogP contribution in [0.3, 0.4) is 0 Å². The monoisotopic (exact) mass is 228 g/mol. The maximum Gasteiger partial charge on any atom is 0.144 e. The first-order valence-electron chi connectivity index (χ1n) is 5.20. The van der Waals surface area contributed by atoms with Crippen molar-refractivity contribution in [3.05, 3.63) is 23.0 Å². The van der Waals surface area contributed by atoms with Crippen molar-refractivity contribution in [3.63, 3.8) is 0 Å². The Morgan fingerprint density at radius 1 is 1.53 bits per heavy atom. The maximum atomic E-state index is 13.3. The quantitative estimate of drug-likeness (QED) is 0.837. The lowest BCUT2D eigenvalue weighted by molar-refractivity contribution is 0.625. The van der Waals surface area contributed by atoms with Crippen LogP contribution in [0.5, 0.6) is 0 Å². The smallest absolute Gasteiger partial charge is 0.144 e. The van der Waals surface area contributed by atoms with Crippen LogP contribution in [-0.2, 0) is 0 Å². The van der Waals surface area contributed by atoms with E-state index in [2.05, 4.69) is 17.1 Å². The number of hydrogen-bond acceptors (Lipinski definition) is 2. The third kappa shape index (κ3) is 2.02. The summed E-state index contributed by atoms with van der Waals surface area (Å²) in [5.41, 5.74) is 1.85. The van der Waals surface area contributed by atoms with Gasteiger partial charge in [-0.1, -0.05) is 18.5 Å². The Bertz CT molecular complexity index is 368. The average Bonchev–Trinajstić information content (AvgIpc) is 2.21. The molecule has 2 rings (SSSR count). The van der Waals surface area contributed by atoms with E-state index < -0.39 is 0 Å². The number of benzene rings is 1. The fraction of sp³-hybridized carbons (Fsp3) is 0.455. The number of anilines is 2. The number of fused-ring (bicyclic) bond motifs is 1. The summed E-state index contributed by atoms with van der Waals surface area (Å²) >= 11 is 5.74. The van der Waals surface area contributed by atoms with Crippen LogP contribution < -0.4 is 10.2 Å². The van der Waals surface area contributed by atoms with Gasteiger partial charge in [-0.25, -0.2) is 4.39 Å². The average molecular weight is 229 g/mol. The topological polar surface area (TPSA) is 15.3 Å². The first-order chi connectivity index (χ1) is 7.22. The summed E-state index contributed by atoms with van der Waals surface area (Å²) in [6.07, 6.45) is 1.06. The maximum absolute atomic E-state index is 13.3. The van der Waals surface area contributed by atoms with Gasteiger partial charge in [0.2, 0.25) is 0 Å². The summed E-state index contributed by atoms with van der Waals surface area (Å²) in [6.45, 7) is 4.88. The zero-order valence-electron chi connectivity index (χ0n) is 8.69. The molecule has 82 valence electrons. The molecule has 1 aromatic rings. The fourth-order valence-electron chi connectivity index (χ4n) is 1.89. The molecule has 0 saturated carbocycles. The SMILES string of the molecule is CCCN1CCNc2cc(Cl)c(F)cc21. The van der Waals surface area contributed by atoms with Crippen molar-refractivity contribution in [1.82, 2.24) is 0 Å². The Morgan fingerprint density at radius 2 is 2.33 bits per heavy atom. The number of nitrogens with zero attached hydrogens (tertiary/aromatic N) is 1. The lowest BCUT2D eigenvalue weighted by Crippen LogP contribution is -2.34. The fourth-order valence-corrected chi connectivity index (χ4v) is 2.05. The molecule has 0 aliphatic carbocycles. The minimum atomic E-state index is -0.347. The Kier molecular flexibility index (Phi) is 3.00. The lowest BCUT2D eigenvalue weighted by atomic mass is 10.2. The standard InChI is InChI=1S/C11H14ClFN2/c1-2-4-15-5-3-14-10-6-8(12)9(13)7-11(10)15/h6-7,14H,2-5H2,1H3. The molecule has 1 aromatic carbocycles. The van der Waals surface area contributed by atoms with Crippen molar-refractivity contribution in [2.24, 2.45) is 0 Å². The number of rotatable bonds is 2. The summed E-state index contributed by atoms with van der Waals surface area (Å²) in [4.78, 5) is 2.19. The van der Waals surface area contributed by atoms with Crippen LogP contribution in [0.4, 0.5) is 15.8 Å². The van der Waals surface area contributed by atoms with Gasteiger partial charge in [0, 0.05) is 25.7 Å². The Hall–Kier alpha value is -0.960. The van der Waals surface area contributed by atoms with Gasteiger partial charge >= 0.3 is 0 Å². The molecular weight excluding hydrogens is 215 g/mol. The summed E-state index contributed by atoms with van der Waals surface area (Å²) in [7, 11) is 0. The van der Waals surface area contributed by atoms with Crippen LogP contribution in [0.25, 0.3) is 0 Å². The number of nitrogens with one attached hydrogen (secondary N) is 1. The first kappa shape index (κ1) is 10.6. The molecule has 4 heteroatoms. The molecule has 0 fully saturated rings. The van der Waals surface area contributed by atoms with Crippen LogP contribution in [-0.4, -0.2) is 19.6 Å². The van der Waals surface area contributed by atoms with Crippen LogP contribution in [0.2, 0.25) is 5.02 Å². The second-order valence-corrected chi connectivity index (χ2v) is 4.10. The van der Waals surface area contributed by atoms with E-state index in [1.807, 2.05) is 0 Å². The molecule has 0 aromatic heterocycles. The van der Waals surface area contributed by atoms with Gasteiger partial charge in [-0.15, -0.1) is 0 Å². The van der Waals surface area contributed by atoms with Crippen LogP contribution >= 0.6 is 11.6 Å². The minimum absolute atomic E-state index is 0.180. The number of hydrogen-bond donors (Lipinski definition) is 1. The largest absolute Gasteiger partial charge is 0.382 e. The molecule has 0 saturated heterocycles. The summed E-state index contributed by atoms with van der Waals surface area (Å²) in [5.74, 6) is -0.347. The second-order valence-electron chi connectivity index (χ2n) is 3.70. The highest BCUT2D eigenvalue weighted by atomic mass is 35.5. The van der Waals surface area contributed by atoms with Gasteiger partial charge < -0.3 is 10.2 Å². The third-order valence-electron chi connectivity index (χ3n) is 2.57. The van der Waals surface area contributed by atoms with Crippen molar-refractivity contribution in [1.29, 1.82) is 0 Å². The van der Waals surface area contributed by atoms with Crippen LogP contribution in [0.15, 0.2) is 12.1 Å². The summed E-state index contributed by atoms with van der Waals surface area (Å²) in [6, 6.07) is 3.17. The van der Waals surface area contributed by atoms with Gasteiger partial charge in [-0.3, -0.25) is 0 Å². The van der Waals surface area contributed by atoms with E-state index in [1.54, 1.807) is 6.07 Å². The van der Waals surface area contributed by atoms with Crippen LogP contribution in [0, 0.1) is 5.82 Å². The predicted octanol–water partition coefficient (Wildman–Crippen LogP) is 3.12. The van der Waals surface area contributed by atoms with Gasteiger partial charge in [0.05, 0.1) is 16.4 Å². The molecule has 0 radical (unpaired) electrons. The highest BCUT2D eigenvalue weighted by Crippen LogP contribution is 2.33. The minimum Gasteiger partial charge on any atom is -0.382 e. The molecule has 1 heterocycles. The van der Waals surface area contributed by atoms with Crippen LogP contribution in [0.1, 0.15) is 13.3 Å². The molecule has 1 N–H and O–H groups in total. The zero-order chi connectivity index (χ0) is 10.8. The molecule has 0 atom stereocenters. The van der Waals surface area contributed by atoms with Gasteiger partial charge in [-0.05, 0) is 12.5 Å². The number of halogens is 2. The van der Waals surface area contributed by atoms with E-state index in [0.717, 1.165) is 37.4 Å². The molecule has 0 amide bonds. The van der Waals surface area contributed by atoms with Gasteiger partial charge in [-0.2, -0.15) is 0 Å². The highest BCUT2D eigenvalue weighted by molar-refractivity contribution is 6.31. The van der Waals surface area contributed by atoms with Crippen molar-refractivity contribution >= 4 is 23.0 Å². The second kappa shape index (κ2) is 4.27. The predicted molar refractivity (Wildman–Crippen MR) is 62.4 cm³/mol. The van der Waals surface area contributed by atoms with Gasteiger partial charge in [0.25, 0.3) is 0 Å². The van der Waals surface area contributed by atoms with Crippen molar-refractivity contribution in [3.8, 4) is 0 Å². The van der Waals surface area contributed by atoms with E-state index in [-0.39, 0.29) is 10.8 Å². The first-order valence-corrected chi connectivity index (χ1v) is 5.58. The Morgan fingerprint density at radius 3 is 3.07 bits per heavy atom. The van der Waals surface area contributed by atoms with Crippen molar-refractivity contribution in [2.45, 2.75) is 13.3 Å². The van der Waals surface area contributed by atoms with E-state index in [0.29, 0.717) is 0 Å². The lowest BCUT2D eigenvalue weighted by Gasteiger charge is -2.32. The Labute approximate surface area is 94.0 Å². The molecule has 0 bridgehead atoms. The van der Waals surface area contributed by atoms with E-state index in [1.165, 1.54) is 6.07 Å². The van der Waals surface area contributed by atoms with Gasteiger partial charge in [0.1, 0.15) is 5.82 Å². The van der Waals surface area contributed by atoms with E-state index in [9.17, 15) is 4.39 Å². The molecule has 2 nitrogen and oxygen atoms in total. The molecule has 1 aliphatic rings. The Balaban J connectivity index is 2.38. The third-order valence-corrected chi connectivity index (χ3v) is 2.86. The van der Waals surface area contributed by atoms with E-state index in [4.69, 9.17) is 11.6 Å². The molecular formula is C11H14ClFN2. The van der Waals surface area contributed by atoms with Gasteiger partial charge in [0.15, 0.2) is 0 Å². The van der Waals surface area contributed by atoms with E-state index >= 15 is 0 Å². The van der Waals surface area contributed by atoms with Crippen molar-refractivity contribution in [2.75, 3.05) is 29.9 Å². The molecule has 0 unspecified atom stereocenters. The molecule has 1 aliphatic heterocycles. The van der Waals surface area contributed by atoms with Crippen molar-refractivity contribution < 1.29 is 4.39 Å². The summed E-state index contributed by atoms with van der Waals surface area (Å²) < 4.78 is 13.3. The normalized spacial score (nSPS) is 14.7. The molecule has 15 heavy (non-hydrogen) atoms.